The molecule has 3 heteroatoms. The van der Waals surface area contributed by atoms with E-state index in [1.54, 1.807) is 4.90 Å². The molecule has 0 saturated heterocycles. The Morgan fingerprint density at radius 2 is 2.10 bits per heavy atom. The van der Waals surface area contributed by atoms with Gasteiger partial charge in [0.1, 0.15) is 0 Å². The standard InChI is InChI=1S/C18H25NO2/c1-5-14(2)13-19(4)18(21)17-11-15(3)10-16(12-17)8-6-7-9-20/h10-12,14,20H,5,7,9,13H2,1-4H3. The zero-order valence-electron chi connectivity index (χ0n) is 13.4. The van der Waals surface area contributed by atoms with Gasteiger partial charge in [0, 0.05) is 31.1 Å². The highest BCUT2D eigenvalue weighted by molar-refractivity contribution is 5.94. The van der Waals surface area contributed by atoms with Crippen LogP contribution in [0.25, 0.3) is 0 Å². The predicted molar refractivity (Wildman–Crippen MR) is 86.2 cm³/mol. The minimum Gasteiger partial charge on any atom is -0.395 e. The summed E-state index contributed by atoms with van der Waals surface area (Å²) in [4.78, 5) is 14.2. The zero-order chi connectivity index (χ0) is 15.8. The van der Waals surface area contributed by atoms with E-state index in [1.165, 1.54) is 0 Å². The summed E-state index contributed by atoms with van der Waals surface area (Å²) in [6.45, 7) is 7.05. The molecule has 1 atom stereocenters. The largest absolute Gasteiger partial charge is 0.395 e. The highest BCUT2D eigenvalue weighted by Gasteiger charge is 2.14. The molecule has 0 saturated carbocycles. The van der Waals surface area contributed by atoms with E-state index in [-0.39, 0.29) is 12.5 Å². The molecule has 0 aliphatic carbocycles. The molecule has 0 heterocycles. The highest BCUT2D eigenvalue weighted by Crippen LogP contribution is 2.13. The lowest BCUT2D eigenvalue weighted by Crippen LogP contribution is -2.31. The fourth-order valence-corrected chi connectivity index (χ4v) is 2.10. The minimum absolute atomic E-state index is 0.0317. The van der Waals surface area contributed by atoms with Crippen molar-refractivity contribution in [2.45, 2.75) is 33.6 Å². The van der Waals surface area contributed by atoms with E-state index >= 15 is 0 Å². The van der Waals surface area contributed by atoms with Crippen LogP contribution in [0.2, 0.25) is 0 Å². The Morgan fingerprint density at radius 1 is 1.38 bits per heavy atom. The van der Waals surface area contributed by atoms with Gasteiger partial charge < -0.3 is 10.0 Å². The maximum atomic E-state index is 12.5. The van der Waals surface area contributed by atoms with Crippen molar-refractivity contribution in [3.05, 3.63) is 34.9 Å². The first kappa shape index (κ1) is 17.3. The molecule has 1 aromatic carbocycles. The van der Waals surface area contributed by atoms with Crippen LogP contribution in [0, 0.1) is 24.7 Å². The first-order valence-corrected chi connectivity index (χ1v) is 7.44. The van der Waals surface area contributed by atoms with E-state index in [4.69, 9.17) is 5.11 Å². The smallest absolute Gasteiger partial charge is 0.253 e. The average Bonchev–Trinajstić information content (AvgIpc) is 2.45. The number of nitrogens with zero attached hydrogens (tertiary/aromatic N) is 1. The van der Waals surface area contributed by atoms with Gasteiger partial charge in [0.2, 0.25) is 0 Å². The molecule has 0 bridgehead atoms. The number of carbonyl (C=O) groups is 1. The summed E-state index contributed by atoms with van der Waals surface area (Å²) in [7, 11) is 1.84. The van der Waals surface area contributed by atoms with Crippen molar-refractivity contribution in [2.24, 2.45) is 5.92 Å². The molecule has 0 spiro atoms. The van der Waals surface area contributed by atoms with Crippen molar-refractivity contribution in [3.63, 3.8) is 0 Å². The van der Waals surface area contributed by atoms with Crippen LogP contribution in [-0.2, 0) is 0 Å². The third-order valence-electron chi connectivity index (χ3n) is 3.42. The van der Waals surface area contributed by atoms with Crippen LogP contribution in [0.5, 0.6) is 0 Å². The van der Waals surface area contributed by atoms with E-state index in [1.807, 2.05) is 32.2 Å². The number of aliphatic hydroxyl groups excluding tert-OH is 1. The molecule has 0 aliphatic heterocycles. The molecule has 0 aromatic heterocycles. The number of hydrogen-bond acceptors (Lipinski definition) is 2. The molecule has 0 radical (unpaired) electrons. The van der Waals surface area contributed by atoms with Crippen LogP contribution in [0.3, 0.4) is 0 Å². The van der Waals surface area contributed by atoms with Crippen molar-refractivity contribution in [1.29, 1.82) is 0 Å². The quantitative estimate of drug-likeness (QED) is 0.846. The van der Waals surface area contributed by atoms with Crippen LogP contribution in [-0.4, -0.2) is 36.1 Å². The molecule has 1 unspecified atom stereocenters. The fourth-order valence-electron chi connectivity index (χ4n) is 2.10. The number of rotatable bonds is 5. The molecule has 0 aliphatic rings. The van der Waals surface area contributed by atoms with E-state index in [9.17, 15) is 4.79 Å². The maximum absolute atomic E-state index is 12.5. The lowest BCUT2D eigenvalue weighted by atomic mass is 10.0. The van der Waals surface area contributed by atoms with Gasteiger partial charge in [0.15, 0.2) is 0 Å². The number of aryl methyl sites for hydroxylation is 1. The number of aliphatic hydroxyl groups is 1. The first-order valence-electron chi connectivity index (χ1n) is 7.44. The van der Waals surface area contributed by atoms with Crippen LogP contribution >= 0.6 is 0 Å². The molecule has 3 nitrogen and oxygen atoms in total. The van der Waals surface area contributed by atoms with Gasteiger partial charge in [-0.25, -0.2) is 0 Å². The van der Waals surface area contributed by atoms with Gasteiger partial charge in [-0.3, -0.25) is 4.79 Å². The second-order valence-corrected chi connectivity index (χ2v) is 5.56. The molecule has 21 heavy (non-hydrogen) atoms. The van der Waals surface area contributed by atoms with E-state index in [2.05, 4.69) is 25.7 Å². The van der Waals surface area contributed by atoms with E-state index in [0.29, 0.717) is 17.9 Å². The average molecular weight is 287 g/mol. The molecule has 114 valence electrons. The van der Waals surface area contributed by atoms with Gasteiger partial charge in [0.05, 0.1) is 6.61 Å². The summed E-state index contributed by atoms with van der Waals surface area (Å²) in [5, 5.41) is 8.76. The van der Waals surface area contributed by atoms with E-state index in [0.717, 1.165) is 24.1 Å². The van der Waals surface area contributed by atoms with Crippen molar-refractivity contribution in [1.82, 2.24) is 4.90 Å². The second kappa shape index (κ2) is 8.49. The summed E-state index contributed by atoms with van der Waals surface area (Å²) in [5.74, 6) is 6.41. The molecule has 1 amide bonds. The van der Waals surface area contributed by atoms with E-state index < -0.39 is 0 Å². The van der Waals surface area contributed by atoms with Crippen molar-refractivity contribution >= 4 is 5.91 Å². The van der Waals surface area contributed by atoms with Gasteiger partial charge in [-0.05, 0) is 36.6 Å². The third-order valence-corrected chi connectivity index (χ3v) is 3.42. The number of amides is 1. The van der Waals surface area contributed by atoms with Gasteiger partial charge in [-0.2, -0.15) is 0 Å². The summed E-state index contributed by atoms with van der Waals surface area (Å²) >= 11 is 0. The van der Waals surface area contributed by atoms with Crippen molar-refractivity contribution in [2.75, 3.05) is 20.2 Å². The monoisotopic (exact) mass is 287 g/mol. The zero-order valence-corrected chi connectivity index (χ0v) is 13.4. The topological polar surface area (TPSA) is 40.5 Å². The van der Waals surface area contributed by atoms with Gasteiger partial charge >= 0.3 is 0 Å². The maximum Gasteiger partial charge on any atom is 0.253 e. The normalized spacial score (nSPS) is 11.5. The first-order chi connectivity index (χ1) is 9.97. The molecular weight excluding hydrogens is 262 g/mol. The third kappa shape index (κ3) is 5.61. The Labute approximate surface area is 128 Å². The number of benzene rings is 1. The predicted octanol–water partition coefficient (Wildman–Crippen LogP) is 2.85. The SMILES string of the molecule is CCC(C)CN(C)C(=O)c1cc(C)cc(C#CCCO)c1. The van der Waals surface area contributed by atoms with Crippen LogP contribution < -0.4 is 0 Å². The second-order valence-electron chi connectivity index (χ2n) is 5.56. The molecular formula is C18H25NO2. The van der Waals surface area contributed by atoms with Crippen molar-refractivity contribution < 1.29 is 9.90 Å². The fraction of sp³-hybridized carbons (Fsp3) is 0.500. The van der Waals surface area contributed by atoms with Gasteiger partial charge in [0.25, 0.3) is 5.91 Å². The summed E-state index contributed by atoms with van der Waals surface area (Å²) < 4.78 is 0. The summed E-state index contributed by atoms with van der Waals surface area (Å²) in [6.07, 6.45) is 1.51. The van der Waals surface area contributed by atoms with Gasteiger partial charge in [-0.1, -0.05) is 32.1 Å². The van der Waals surface area contributed by atoms with Crippen molar-refractivity contribution in [3.8, 4) is 11.8 Å². The molecule has 1 aromatic rings. The number of carbonyl (C=O) groups excluding carboxylic acids is 1. The Morgan fingerprint density at radius 3 is 2.71 bits per heavy atom. The Balaban J connectivity index is 2.92. The Kier molecular flexibility index (Phi) is 6.98. The van der Waals surface area contributed by atoms with Crippen LogP contribution in [0.15, 0.2) is 18.2 Å². The number of hydrogen-bond donors (Lipinski definition) is 1. The molecule has 1 rings (SSSR count). The lowest BCUT2D eigenvalue weighted by Gasteiger charge is -2.21. The van der Waals surface area contributed by atoms with Crippen LogP contribution in [0.4, 0.5) is 0 Å². The summed E-state index contributed by atoms with van der Waals surface area (Å²) in [5.41, 5.74) is 2.52. The Bertz CT molecular complexity index is 540. The lowest BCUT2D eigenvalue weighted by molar-refractivity contribution is 0.0775. The minimum atomic E-state index is 0.0317. The molecule has 1 N–H and O–H groups in total. The highest BCUT2D eigenvalue weighted by atomic mass is 16.2. The molecule has 0 fully saturated rings. The van der Waals surface area contributed by atoms with Crippen LogP contribution in [0.1, 0.15) is 48.2 Å². The Hall–Kier alpha value is -1.79. The summed E-state index contributed by atoms with van der Waals surface area (Å²) in [6, 6.07) is 5.68. The van der Waals surface area contributed by atoms with Gasteiger partial charge in [-0.15, -0.1) is 0 Å².